The number of piperidine rings is 1. The molecule has 2 N–H and O–H groups in total. The molecule has 1 amide bonds. The Kier molecular flexibility index (Phi) is 7.53. The lowest BCUT2D eigenvalue weighted by Crippen LogP contribution is -2.50. The van der Waals surface area contributed by atoms with Crippen LogP contribution in [-0.4, -0.2) is 72.3 Å². The van der Waals surface area contributed by atoms with Crippen molar-refractivity contribution in [2.45, 2.75) is 52.2 Å². The number of halogens is 2. The maximum Gasteiger partial charge on any atom is 0.329 e. The monoisotopic (exact) mass is 615 g/mol. The Hall–Kier alpha value is -3.78. The number of fused-ring (bicyclic) bond motifs is 2. The van der Waals surface area contributed by atoms with Crippen LogP contribution in [0.15, 0.2) is 30.3 Å². The molecular formula is C29H35F2N7O4S. The molecule has 0 aromatic carbocycles. The minimum atomic E-state index is -4.26. The second-order valence-corrected chi connectivity index (χ2v) is 13.4. The summed E-state index contributed by atoms with van der Waals surface area (Å²) in [4.78, 5) is 22.6. The van der Waals surface area contributed by atoms with Gasteiger partial charge in [0.15, 0.2) is 5.88 Å². The molecule has 0 radical (unpaired) electrons. The number of rotatable bonds is 9. The van der Waals surface area contributed by atoms with Gasteiger partial charge < -0.3 is 19.9 Å². The van der Waals surface area contributed by atoms with Crippen molar-refractivity contribution in [3.8, 4) is 17.3 Å². The minimum absolute atomic E-state index is 0.0136. The van der Waals surface area contributed by atoms with E-state index in [1.54, 1.807) is 18.2 Å². The topological polar surface area (TPSA) is 123 Å². The van der Waals surface area contributed by atoms with E-state index in [0.717, 1.165) is 37.8 Å². The fourth-order valence-electron chi connectivity index (χ4n) is 5.83. The van der Waals surface area contributed by atoms with Gasteiger partial charge in [-0.25, -0.2) is 18.4 Å². The normalized spacial score (nSPS) is 19.3. The van der Waals surface area contributed by atoms with Crippen molar-refractivity contribution in [1.82, 2.24) is 29.6 Å². The van der Waals surface area contributed by atoms with Crippen molar-refractivity contribution in [1.29, 1.82) is 0 Å². The van der Waals surface area contributed by atoms with Crippen molar-refractivity contribution < 1.29 is 26.7 Å². The molecule has 4 aromatic rings. The van der Waals surface area contributed by atoms with Crippen molar-refractivity contribution in [2.24, 2.45) is 11.8 Å². The van der Waals surface area contributed by atoms with E-state index in [9.17, 15) is 22.0 Å². The molecule has 2 atom stereocenters. The average Bonchev–Trinajstić information content (AvgIpc) is 3.62. The van der Waals surface area contributed by atoms with Gasteiger partial charge in [0, 0.05) is 36.1 Å². The highest BCUT2D eigenvalue weighted by Crippen LogP contribution is 2.38. The number of sulfonamides is 1. The van der Waals surface area contributed by atoms with E-state index < -0.39 is 16.6 Å². The van der Waals surface area contributed by atoms with E-state index in [0.29, 0.717) is 64.4 Å². The van der Waals surface area contributed by atoms with Crippen LogP contribution >= 0.6 is 0 Å². The molecular weight excluding hydrogens is 580 g/mol. The summed E-state index contributed by atoms with van der Waals surface area (Å²) in [7, 11) is -2.73. The van der Waals surface area contributed by atoms with Gasteiger partial charge in [-0.2, -0.15) is 13.1 Å². The number of alkyl halides is 2. The van der Waals surface area contributed by atoms with E-state index in [2.05, 4.69) is 22.5 Å². The van der Waals surface area contributed by atoms with Crippen molar-refractivity contribution in [3.63, 3.8) is 0 Å². The highest BCUT2D eigenvalue weighted by molar-refractivity contribution is 7.92. The number of carbonyl (C=O) groups excluding carboxylic acids is 1. The second-order valence-electron chi connectivity index (χ2n) is 11.6. The lowest BCUT2D eigenvalue weighted by molar-refractivity contribution is 0.0914. The van der Waals surface area contributed by atoms with E-state index in [1.807, 2.05) is 22.0 Å². The Morgan fingerprint density at radius 2 is 1.98 bits per heavy atom. The van der Waals surface area contributed by atoms with Crippen molar-refractivity contribution >= 4 is 38.4 Å². The zero-order valence-corrected chi connectivity index (χ0v) is 25.3. The van der Waals surface area contributed by atoms with E-state index in [1.165, 1.54) is 13.2 Å². The lowest BCUT2D eigenvalue weighted by atomic mass is 9.94. The first-order valence-corrected chi connectivity index (χ1v) is 16.2. The third kappa shape index (κ3) is 5.53. The average molecular weight is 616 g/mol. The van der Waals surface area contributed by atoms with Crippen LogP contribution < -0.4 is 19.7 Å². The maximum absolute atomic E-state index is 13.8. The Labute approximate surface area is 248 Å². The highest BCUT2D eigenvalue weighted by atomic mass is 32.2. The molecule has 5 heterocycles. The summed E-state index contributed by atoms with van der Waals surface area (Å²) in [5.41, 5.74) is 3.43. The van der Waals surface area contributed by atoms with Crippen LogP contribution in [0, 0.1) is 18.8 Å². The van der Waals surface area contributed by atoms with Gasteiger partial charge in [0.25, 0.3) is 5.91 Å². The zero-order chi connectivity index (χ0) is 30.6. The van der Waals surface area contributed by atoms with Crippen LogP contribution in [0.4, 0.5) is 14.6 Å². The summed E-state index contributed by atoms with van der Waals surface area (Å²) >= 11 is 0. The summed E-state index contributed by atoms with van der Waals surface area (Å²) in [5, 5.41) is 7.13. The van der Waals surface area contributed by atoms with Gasteiger partial charge in [0.1, 0.15) is 22.8 Å². The van der Waals surface area contributed by atoms with Gasteiger partial charge in [-0.3, -0.25) is 9.20 Å². The van der Waals surface area contributed by atoms with Gasteiger partial charge in [-0.05, 0) is 68.8 Å². The lowest BCUT2D eigenvalue weighted by Gasteiger charge is -2.30. The molecule has 0 spiro atoms. The van der Waals surface area contributed by atoms with Gasteiger partial charge in [-0.1, -0.05) is 6.92 Å². The number of anilines is 1. The highest BCUT2D eigenvalue weighted by Gasteiger charge is 2.31. The largest absolute Gasteiger partial charge is 0.482 e. The molecule has 2 fully saturated rings. The first kappa shape index (κ1) is 29.3. The van der Waals surface area contributed by atoms with E-state index in [-0.39, 0.29) is 22.1 Å². The molecule has 0 unspecified atom stereocenters. The van der Waals surface area contributed by atoms with Crippen LogP contribution in [-0.2, 0) is 16.6 Å². The fraction of sp³-hybridized carbons (Fsp3) is 0.483. The molecule has 1 aliphatic carbocycles. The SMILES string of the molecule is COc1cc(C(=O)N[C@H]2CNCC[C@H]2C)cc2nc(-c3cc4ccc(N(C(F)F)S(C)(=O)=O)nc4n3CC3CC3)c(C)n12. The third-order valence-corrected chi connectivity index (χ3v) is 9.46. The number of methoxy groups -OCH3 is 1. The standard InChI is InChI=1S/C29H35F2N7O4S/c1-16-9-10-32-14-21(16)33-28(39)20-12-24-34-26(17(2)37(24)25(13-20)42-3)22-11-19-7-8-23(38(29(30)31)43(4,40)41)35-27(19)36(22)15-18-5-6-18/h7-8,11-13,16,18,21,29,32H,5-6,9-10,14-15H2,1-4H3,(H,33,39)/t16-,21+/m1/s1. The molecule has 1 saturated heterocycles. The Balaban J connectivity index is 1.45. The van der Waals surface area contributed by atoms with Gasteiger partial charge >= 0.3 is 6.55 Å². The Morgan fingerprint density at radius 3 is 2.63 bits per heavy atom. The molecule has 2 aliphatic rings. The van der Waals surface area contributed by atoms with Crippen LogP contribution in [0.1, 0.15) is 42.2 Å². The molecule has 4 aromatic heterocycles. The number of aryl methyl sites for hydroxylation is 1. The molecule has 43 heavy (non-hydrogen) atoms. The number of nitrogens with one attached hydrogen (secondary N) is 2. The smallest absolute Gasteiger partial charge is 0.329 e. The quantitative estimate of drug-likeness (QED) is 0.275. The van der Waals surface area contributed by atoms with Crippen LogP contribution in [0.25, 0.3) is 28.1 Å². The number of pyridine rings is 2. The van der Waals surface area contributed by atoms with Gasteiger partial charge in [-0.15, -0.1) is 0 Å². The van der Waals surface area contributed by atoms with Gasteiger partial charge in [0.05, 0.1) is 24.8 Å². The number of ether oxygens (including phenoxy) is 1. The molecule has 14 heteroatoms. The molecule has 1 aliphatic heterocycles. The third-order valence-electron chi connectivity index (χ3n) is 8.40. The maximum atomic E-state index is 13.8. The number of nitrogens with zero attached hydrogens (tertiary/aromatic N) is 5. The van der Waals surface area contributed by atoms with Gasteiger partial charge in [0.2, 0.25) is 10.0 Å². The van der Waals surface area contributed by atoms with Crippen LogP contribution in [0.3, 0.4) is 0 Å². The Morgan fingerprint density at radius 1 is 1.21 bits per heavy atom. The van der Waals surface area contributed by atoms with Crippen molar-refractivity contribution in [3.05, 3.63) is 41.6 Å². The number of hydrogen-bond donors (Lipinski definition) is 2. The molecule has 11 nitrogen and oxygen atoms in total. The summed E-state index contributed by atoms with van der Waals surface area (Å²) in [5.74, 6) is 0.624. The minimum Gasteiger partial charge on any atom is -0.482 e. The predicted octanol–water partition coefficient (Wildman–Crippen LogP) is 3.79. The summed E-state index contributed by atoms with van der Waals surface area (Å²) in [6.45, 7) is 2.97. The number of aromatic nitrogens is 4. The summed E-state index contributed by atoms with van der Waals surface area (Å²) in [6.07, 6.45) is 3.76. The van der Waals surface area contributed by atoms with E-state index in [4.69, 9.17) is 9.72 Å². The van der Waals surface area contributed by atoms with Crippen LogP contribution in [0.5, 0.6) is 5.88 Å². The number of hydrogen-bond acceptors (Lipinski definition) is 7. The van der Waals surface area contributed by atoms with Crippen LogP contribution in [0.2, 0.25) is 0 Å². The first-order valence-electron chi connectivity index (χ1n) is 14.3. The summed E-state index contributed by atoms with van der Waals surface area (Å²) in [6, 6.07) is 8.20. The summed E-state index contributed by atoms with van der Waals surface area (Å²) < 4.78 is 61.4. The molecule has 230 valence electrons. The second kappa shape index (κ2) is 11.1. The first-order chi connectivity index (χ1) is 20.5. The Bertz CT molecular complexity index is 1820. The molecule has 6 rings (SSSR count). The number of carbonyl (C=O) groups is 1. The number of amides is 1. The molecule has 1 saturated carbocycles. The predicted molar refractivity (Wildman–Crippen MR) is 159 cm³/mol. The van der Waals surface area contributed by atoms with Crippen molar-refractivity contribution in [2.75, 3.05) is 30.8 Å². The zero-order valence-electron chi connectivity index (χ0n) is 24.5. The molecule has 0 bridgehead atoms. The van der Waals surface area contributed by atoms with E-state index >= 15 is 0 Å². The number of imidazole rings is 1. The fourth-order valence-corrected chi connectivity index (χ4v) is 6.56.